The number of anilines is 2. The molecule has 2 rings (SSSR count). The van der Waals surface area contributed by atoms with Gasteiger partial charge in [0.1, 0.15) is 0 Å². The fourth-order valence-electron chi connectivity index (χ4n) is 1.71. The molecule has 2 heterocycles. The summed E-state index contributed by atoms with van der Waals surface area (Å²) < 4.78 is 7.13. The van der Waals surface area contributed by atoms with E-state index >= 15 is 0 Å². The topological polar surface area (TPSA) is 104 Å². The molecule has 0 spiro atoms. The number of ether oxygens (including phenoxy) is 1. The van der Waals surface area contributed by atoms with Gasteiger partial charge in [-0.1, -0.05) is 6.92 Å². The van der Waals surface area contributed by atoms with E-state index in [-0.39, 0.29) is 12.0 Å². The number of aromatic nitrogens is 5. The molecule has 8 heteroatoms. The van der Waals surface area contributed by atoms with Crippen molar-refractivity contribution in [2.24, 2.45) is 7.05 Å². The molecule has 0 bridgehead atoms. The minimum atomic E-state index is 0.136. The summed E-state index contributed by atoms with van der Waals surface area (Å²) in [7, 11) is 1.88. The molecule has 0 aliphatic carbocycles. The number of hydrogen-bond acceptors (Lipinski definition) is 7. The summed E-state index contributed by atoms with van der Waals surface area (Å²) in [6.45, 7) is 5.07. The van der Waals surface area contributed by atoms with E-state index in [4.69, 9.17) is 10.5 Å². The molecule has 0 aliphatic heterocycles. The Bertz CT molecular complexity index is 581. The molecule has 0 radical (unpaired) electrons. The van der Waals surface area contributed by atoms with Crippen molar-refractivity contribution in [2.45, 2.75) is 26.8 Å². The zero-order valence-electron chi connectivity index (χ0n) is 11.9. The quantitative estimate of drug-likeness (QED) is 0.808. The molecule has 0 fully saturated rings. The minimum Gasteiger partial charge on any atom is -0.463 e. The van der Waals surface area contributed by atoms with Crippen LogP contribution in [0.4, 0.5) is 11.9 Å². The summed E-state index contributed by atoms with van der Waals surface area (Å²) in [4.78, 5) is 12.1. The van der Waals surface area contributed by atoms with E-state index in [2.05, 4.69) is 25.4 Å². The van der Waals surface area contributed by atoms with Crippen molar-refractivity contribution >= 4 is 11.9 Å². The van der Waals surface area contributed by atoms with Gasteiger partial charge in [-0.15, -0.1) is 0 Å². The van der Waals surface area contributed by atoms with Gasteiger partial charge in [-0.25, -0.2) is 0 Å². The van der Waals surface area contributed by atoms with Gasteiger partial charge >= 0.3 is 6.01 Å². The number of rotatable bonds is 6. The van der Waals surface area contributed by atoms with E-state index in [0.717, 1.165) is 17.7 Å². The van der Waals surface area contributed by atoms with E-state index in [1.807, 2.05) is 27.1 Å². The molecule has 2 aromatic rings. The first-order valence-corrected chi connectivity index (χ1v) is 6.46. The highest BCUT2D eigenvalue weighted by molar-refractivity contribution is 5.34. The summed E-state index contributed by atoms with van der Waals surface area (Å²) in [5.41, 5.74) is 7.67. The maximum atomic E-state index is 5.64. The largest absolute Gasteiger partial charge is 0.463 e. The maximum Gasteiger partial charge on any atom is 0.323 e. The lowest BCUT2D eigenvalue weighted by atomic mass is 10.3. The predicted molar refractivity (Wildman–Crippen MR) is 75.3 cm³/mol. The Labute approximate surface area is 117 Å². The molecule has 8 nitrogen and oxygen atoms in total. The fourth-order valence-corrected chi connectivity index (χ4v) is 1.71. The third kappa shape index (κ3) is 3.56. The summed E-state index contributed by atoms with van der Waals surface area (Å²) >= 11 is 0. The lowest BCUT2D eigenvalue weighted by molar-refractivity contribution is 0.292. The van der Waals surface area contributed by atoms with Crippen LogP contribution in [0.1, 0.15) is 24.6 Å². The van der Waals surface area contributed by atoms with Gasteiger partial charge in [0, 0.05) is 25.4 Å². The van der Waals surface area contributed by atoms with Crippen LogP contribution in [0, 0.1) is 6.92 Å². The van der Waals surface area contributed by atoms with Gasteiger partial charge in [-0.2, -0.15) is 20.1 Å². The minimum absolute atomic E-state index is 0.136. The Morgan fingerprint density at radius 1 is 1.35 bits per heavy atom. The second kappa shape index (κ2) is 6.18. The van der Waals surface area contributed by atoms with Gasteiger partial charge in [0.15, 0.2) is 0 Å². The molecular weight excluding hydrogens is 258 g/mol. The van der Waals surface area contributed by atoms with Gasteiger partial charge < -0.3 is 15.8 Å². The number of nitrogens with zero attached hydrogens (tertiary/aromatic N) is 5. The summed E-state index contributed by atoms with van der Waals surface area (Å²) in [6, 6.07) is 0.241. The first kappa shape index (κ1) is 14.0. The van der Waals surface area contributed by atoms with Gasteiger partial charge in [0.25, 0.3) is 0 Å². The van der Waals surface area contributed by atoms with Gasteiger partial charge in [-0.3, -0.25) is 4.68 Å². The van der Waals surface area contributed by atoms with Crippen molar-refractivity contribution in [1.82, 2.24) is 24.7 Å². The Morgan fingerprint density at radius 2 is 2.15 bits per heavy atom. The van der Waals surface area contributed by atoms with Crippen molar-refractivity contribution in [2.75, 3.05) is 17.7 Å². The second-order valence-corrected chi connectivity index (χ2v) is 4.42. The maximum absolute atomic E-state index is 5.64. The Morgan fingerprint density at radius 3 is 2.80 bits per heavy atom. The molecule has 0 amide bonds. The Hall–Kier alpha value is -2.38. The van der Waals surface area contributed by atoms with Gasteiger partial charge in [-0.05, 0) is 13.3 Å². The Balaban J connectivity index is 2.05. The van der Waals surface area contributed by atoms with Crippen LogP contribution in [0.15, 0.2) is 6.20 Å². The molecule has 20 heavy (non-hydrogen) atoms. The van der Waals surface area contributed by atoms with E-state index in [1.54, 1.807) is 4.68 Å². The third-order valence-corrected chi connectivity index (χ3v) is 2.62. The van der Waals surface area contributed by atoms with Crippen molar-refractivity contribution in [1.29, 1.82) is 0 Å². The lowest BCUT2D eigenvalue weighted by Gasteiger charge is -2.07. The summed E-state index contributed by atoms with van der Waals surface area (Å²) in [5.74, 6) is 0.531. The molecule has 0 aromatic carbocycles. The van der Waals surface area contributed by atoms with Crippen LogP contribution in [0.3, 0.4) is 0 Å². The van der Waals surface area contributed by atoms with Crippen LogP contribution in [0.5, 0.6) is 6.01 Å². The monoisotopic (exact) mass is 277 g/mol. The van der Waals surface area contributed by atoms with Crippen molar-refractivity contribution in [3.8, 4) is 6.01 Å². The summed E-state index contributed by atoms with van der Waals surface area (Å²) in [6.07, 6.45) is 2.82. The third-order valence-electron chi connectivity index (χ3n) is 2.62. The highest BCUT2D eigenvalue weighted by atomic mass is 16.5. The molecule has 0 aliphatic rings. The zero-order valence-corrected chi connectivity index (χ0v) is 11.9. The van der Waals surface area contributed by atoms with Gasteiger partial charge in [0.2, 0.25) is 11.9 Å². The van der Waals surface area contributed by atoms with Crippen LogP contribution < -0.4 is 15.8 Å². The number of nitrogen functional groups attached to an aromatic ring is 1. The molecule has 108 valence electrons. The highest BCUT2D eigenvalue weighted by Gasteiger charge is 2.07. The van der Waals surface area contributed by atoms with Crippen molar-refractivity contribution < 1.29 is 4.74 Å². The first-order chi connectivity index (χ1) is 9.58. The highest BCUT2D eigenvalue weighted by Crippen LogP contribution is 2.11. The van der Waals surface area contributed by atoms with Crippen LogP contribution >= 0.6 is 0 Å². The van der Waals surface area contributed by atoms with Crippen molar-refractivity contribution in [3.63, 3.8) is 0 Å². The zero-order chi connectivity index (χ0) is 14.5. The predicted octanol–water partition coefficient (Wildman–Crippen LogP) is 0.897. The first-order valence-electron chi connectivity index (χ1n) is 6.46. The SMILES string of the molecule is CCCOc1nc(N)nc(NCc2cn(C)nc2C)n1. The average Bonchev–Trinajstić information content (AvgIpc) is 2.72. The summed E-state index contributed by atoms with van der Waals surface area (Å²) in [5, 5.41) is 7.37. The molecule has 2 aromatic heterocycles. The van der Waals surface area contributed by atoms with E-state index < -0.39 is 0 Å². The number of nitrogens with two attached hydrogens (primary N) is 1. The van der Waals surface area contributed by atoms with E-state index in [9.17, 15) is 0 Å². The number of nitrogens with one attached hydrogen (secondary N) is 1. The van der Waals surface area contributed by atoms with Crippen LogP contribution in [0.2, 0.25) is 0 Å². The van der Waals surface area contributed by atoms with Crippen molar-refractivity contribution in [3.05, 3.63) is 17.5 Å². The molecular formula is C12H19N7O. The van der Waals surface area contributed by atoms with Crippen LogP contribution in [-0.4, -0.2) is 31.3 Å². The molecule has 0 unspecified atom stereocenters. The van der Waals surface area contributed by atoms with Crippen LogP contribution in [0.25, 0.3) is 0 Å². The standard InChI is InChI=1S/C12H19N7O/c1-4-5-20-12-16-10(13)15-11(17-12)14-6-9-7-19(3)18-8(9)2/h7H,4-6H2,1-3H3,(H3,13,14,15,16,17). The van der Waals surface area contributed by atoms with E-state index in [0.29, 0.717) is 19.1 Å². The van der Waals surface area contributed by atoms with Gasteiger partial charge in [0.05, 0.1) is 12.3 Å². The van der Waals surface area contributed by atoms with E-state index in [1.165, 1.54) is 0 Å². The Kier molecular flexibility index (Phi) is 4.34. The molecule has 0 saturated heterocycles. The number of aryl methyl sites for hydroxylation is 2. The molecule has 3 N–H and O–H groups in total. The molecule has 0 atom stereocenters. The fraction of sp³-hybridized carbons (Fsp3) is 0.500. The second-order valence-electron chi connectivity index (χ2n) is 4.42. The normalized spacial score (nSPS) is 10.6. The number of hydrogen-bond donors (Lipinski definition) is 2. The average molecular weight is 277 g/mol. The van der Waals surface area contributed by atoms with Crippen LogP contribution in [-0.2, 0) is 13.6 Å². The smallest absolute Gasteiger partial charge is 0.323 e. The lowest BCUT2D eigenvalue weighted by Crippen LogP contribution is -2.09. The molecule has 0 saturated carbocycles.